The van der Waals surface area contributed by atoms with E-state index < -0.39 is 0 Å². The first kappa shape index (κ1) is 19.7. The van der Waals surface area contributed by atoms with Crippen molar-refractivity contribution in [2.75, 3.05) is 38.1 Å². The number of anilines is 1. The molecule has 0 spiro atoms. The zero-order valence-corrected chi connectivity index (χ0v) is 16.9. The van der Waals surface area contributed by atoms with Crippen LogP contribution in [0, 0.1) is 0 Å². The lowest BCUT2D eigenvalue weighted by molar-refractivity contribution is -0.107. The van der Waals surface area contributed by atoms with Gasteiger partial charge in [-0.05, 0) is 30.7 Å². The molecule has 3 aromatic heterocycles. The van der Waals surface area contributed by atoms with Gasteiger partial charge in [-0.25, -0.2) is 4.98 Å². The highest BCUT2D eigenvalue weighted by molar-refractivity contribution is 5.95. The third-order valence-corrected chi connectivity index (χ3v) is 5.32. The number of nitrogens with zero attached hydrogens (tertiary/aromatic N) is 5. The van der Waals surface area contributed by atoms with Crippen molar-refractivity contribution in [3.63, 3.8) is 0 Å². The molecule has 4 heterocycles. The lowest BCUT2D eigenvalue weighted by atomic mass is 10.2. The summed E-state index contributed by atoms with van der Waals surface area (Å²) in [6.07, 6.45) is 4.59. The number of aromatic nitrogens is 2. The van der Waals surface area contributed by atoms with Gasteiger partial charge in [0.05, 0.1) is 17.5 Å². The van der Waals surface area contributed by atoms with Crippen LogP contribution in [0.2, 0.25) is 0 Å². The standard InChI is InChI=1S/C21H23N5O4/c1-3-16-19(23(2)14-27)26-13-15(6-7-18(26)22-16)20(28)24-8-10-25(11-9-24)21(29)17-5-4-12-30-17/h4-7,12-14H,3,8-11H2,1-2H3. The van der Waals surface area contributed by atoms with E-state index in [-0.39, 0.29) is 11.8 Å². The minimum Gasteiger partial charge on any atom is -0.459 e. The van der Waals surface area contributed by atoms with Crippen molar-refractivity contribution in [3.8, 4) is 0 Å². The van der Waals surface area contributed by atoms with Crippen molar-refractivity contribution in [1.82, 2.24) is 19.2 Å². The van der Waals surface area contributed by atoms with E-state index in [1.165, 1.54) is 11.2 Å². The first-order valence-corrected chi connectivity index (χ1v) is 9.84. The minimum atomic E-state index is -0.166. The number of carbonyl (C=O) groups excluding carboxylic acids is 3. The molecule has 1 aliphatic rings. The average molecular weight is 409 g/mol. The summed E-state index contributed by atoms with van der Waals surface area (Å²) in [6, 6.07) is 6.85. The van der Waals surface area contributed by atoms with Gasteiger partial charge in [-0.2, -0.15) is 0 Å². The topological polar surface area (TPSA) is 91.4 Å². The zero-order valence-electron chi connectivity index (χ0n) is 16.9. The smallest absolute Gasteiger partial charge is 0.289 e. The van der Waals surface area contributed by atoms with Crippen molar-refractivity contribution in [3.05, 3.63) is 53.7 Å². The highest BCUT2D eigenvalue weighted by atomic mass is 16.3. The Bertz CT molecular complexity index is 1080. The van der Waals surface area contributed by atoms with Crippen molar-refractivity contribution in [2.45, 2.75) is 13.3 Å². The van der Waals surface area contributed by atoms with Crippen molar-refractivity contribution >= 4 is 29.7 Å². The second-order valence-electron chi connectivity index (χ2n) is 7.16. The Hall–Kier alpha value is -3.62. The quantitative estimate of drug-likeness (QED) is 0.598. The number of fused-ring (bicyclic) bond motifs is 1. The molecule has 3 amide bonds. The predicted octanol–water partition coefficient (Wildman–Crippen LogP) is 1.68. The summed E-state index contributed by atoms with van der Waals surface area (Å²) in [4.78, 5) is 46.2. The van der Waals surface area contributed by atoms with Gasteiger partial charge in [0.1, 0.15) is 11.5 Å². The molecule has 0 radical (unpaired) electrons. The largest absolute Gasteiger partial charge is 0.459 e. The molecule has 4 rings (SSSR count). The van der Waals surface area contributed by atoms with Gasteiger partial charge in [0, 0.05) is 39.4 Å². The molecule has 0 N–H and O–H groups in total. The van der Waals surface area contributed by atoms with Crippen LogP contribution in [0.4, 0.5) is 5.82 Å². The molecular formula is C21H23N5O4. The van der Waals surface area contributed by atoms with Crippen LogP contribution in [0.5, 0.6) is 0 Å². The second kappa shape index (κ2) is 8.02. The van der Waals surface area contributed by atoms with E-state index in [0.717, 1.165) is 12.1 Å². The van der Waals surface area contributed by atoms with Gasteiger partial charge in [-0.1, -0.05) is 6.92 Å². The summed E-state index contributed by atoms with van der Waals surface area (Å²) in [5.41, 5.74) is 1.98. The van der Waals surface area contributed by atoms with Gasteiger partial charge in [-0.15, -0.1) is 0 Å². The summed E-state index contributed by atoms with van der Waals surface area (Å²) >= 11 is 0. The van der Waals surface area contributed by atoms with Gasteiger partial charge in [0.15, 0.2) is 5.76 Å². The van der Waals surface area contributed by atoms with Crippen LogP contribution in [0.25, 0.3) is 5.65 Å². The Labute approximate surface area is 173 Å². The Morgan fingerprint density at radius 3 is 2.43 bits per heavy atom. The van der Waals surface area contributed by atoms with Gasteiger partial charge in [0.25, 0.3) is 11.8 Å². The lowest BCUT2D eigenvalue weighted by Gasteiger charge is -2.34. The Kier molecular flexibility index (Phi) is 5.26. The molecule has 0 unspecified atom stereocenters. The summed E-state index contributed by atoms with van der Waals surface area (Å²) in [5, 5.41) is 0. The van der Waals surface area contributed by atoms with E-state index in [1.54, 1.807) is 51.7 Å². The number of pyridine rings is 1. The highest BCUT2D eigenvalue weighted by Crippen LogP contribution is 2.23. The molecule has 0 saturated carbocycles. The van der Waals surface area contributed by atoms with E-state index in [9.17, 15) is 14.4 Å². The number of carbonyl (C=O) groups is 3. The van der Waals surface area contributed by atoms with E-state index in [2.05, 4.69) is 4.98 Å². The number of furan rings is 1. The Balaban J connectivity index is 1.52. The van der Waals surface area contributed by atoms with Crippen LogP contribution >= 0.6 is 0 Å². The molecule has 0 bridgehead atoms. The third-order valence-electron chi connectivity index (χ3n) is 5.32. The fraction of sp³-hybridized carbons (Fsp3) is 0.333. The molecule has 30 heavy (non-hydrogen) atoms. The Morgan fingerprint density at radius 1 is 1.13 bits per heavy atom. The van der Waals surface area contributed by atoms with Crippen LogP contribution in [0.15, 0.2) is 41.1 Å². The minimum absolute atomic E-state index is 0.117. The highest BCUT2D eigenvalue weighted by Gasteiger charge is 2.27. The molecule has 1 saturated heterocycles. The molecule has 156 valence electrons. The number of rotatable bonds is 5. The number of aryl methyl sites for hydroxylation is 1. The number of hydrogen-bond donors (Lipinski definition) is 0. The molecule has 1 fully saturated rings. The Morgan fingerprint density at radius 2 is 1.83 bits per heavy atom. The molecule has 3 aromatic rings. The van der Waals surface area contributed by atoms with E-state index >= 15 is 0 Å². The number of piperazine rings is 1. The van der Waals surface area contributed by atoms with Crippen LogP contribution in [0.3, 0.4) is 0 Å². The second-order valence-corrected chi connectivity index (χ2v) is 7.16. The van der Waals surface area contributed by atoms with Crippen molar-refractivity contribution < 1.29 is 18.8 Å². The maximum absolute atomic E-state index is 13.1. The molecule has 1 aliphatic heterocycles. The van der Waals surface area contributed by atoms with Crippen LogP contribution in [0.1, 0.15) is 33.5 Å². The summed E-state index contributed by atoms with van der Waals surface area (Å²) in [6.45, 7) is 3.73. The number of amides is 3. The fourth-order valence-corrected chi connectivity index (χ4v) is 3.72. The summed E-state index contributed by atoms with van der Waals surface area (Å²) in [5.74, 6) is 0.680. The zero-order chi connectivity index (χ0) is 21.3. The summed E-state index contributed by atoms with van der Waals surface area (Å²) in [7, 11) is 1.67. The fourth-order valence-electron chi connectivity index (χ4n) is 3.72. The molecule has 0 atom stereocenters. The maximum Gasteiger partial charge on any atom is 0.289 e. The van der Waals surface area contributed by atoms with Gasteiger partial charge in [-0.3, -0.25) is 18.8 Å². The van der Waals surface area contributed by atoms with E-state index in [0.29, 0.717) is 55.4 Å². The van der Waals surface area contributed by atoms with E-state index in [1.807, 2.05) is 6.92 Å². The van der Waals surface area contributed by atoms with Gasteiger partial charge in [0.2, 0.25) is 6.41 Å². The van der Waals surface area contributed by atoms with Gasteiger partial charge >= 0.3 is 0 Å². The van der Waals surface area contributed by atoms with Crippen molar-refractivity contribution in [2.24, 2.45) is 0 Å². The lowest BCUT2D eigenvalue weighted by Crippen LogP contribution is -2.50. The average Bonchev–Trinajstić information content (AvgIpc) is 3.45. The molecule has 0 aliphatic carbocycles. The van der Waals surface area contributed by atoms with Crippen molar-refractivity contribution in [1.29, 1.82) is 0 Å². The third kappa shape index (κ3) is 3.42. The molecular weight excluding hydrogens is 386 g/mol. The first-order valence-electron chi connectivity index (χ1n) is 9.84. The monoisotopic (exact) mass is 409 g/mol. The van der Waals surface area contributed by atoms with Crippen LogP contribution < -0.4 is 4.90 Å². The number of imidazole rings is 1. The normalized spacial score (nSPS) is 14.2. The predicted molar refractivity (Wildman–Crippen MR) is 110 cm³/mol. The summed E-state index contributed by atoms with van der Waals surface area (Å²) < 4.78 is 6.95. The number of hydrogen-bond acceptors (Lipinski definition) is 5. The van der Waals surface area contributed by atoms with Crippen LogP contribution in [-0.4, -0.2) is 70.6 Å². The first-order chi connectivity index (χ1) is 14.5. The molecule has 9 nitrogen and oxygen atoms in total. The van der Waals surface area contributed by atoms with Crippen LogP contribution in [-0.2, 0) is 11.2 Å². The maximum atomic E-state index is 13.1. The van der Waals surface area contributed by atoms with E-state index in [4.69, 9.17) is 4.42 Å². The van der Waals surface area contributed by atoms with Gasteiger partial charge < -0.3 is 19.1 Å². The molecule has 9 heteroatoms. The SMILES string of the molecule is CCc1nc2ccc(C(=O)N3CCN(C(=O)c4ccco4)CC3)cn2c1N(C)C=O. The molecule has 0 aromatic carbocycles.